The van der Waals surface area contributed by atoms with E-state index in [0.717, 1.165) is 99.9 Å². The zero-order chi connectivity index (χ0) is 28.0. The van der Waals surface area contributed by atoms with E-state index < -0.39 is 0 Å². The van der Waals surface area contributed by atoms with E-state index in [4.69, 9.17) is 23.2 Å². The summed E-state index contributed by atoms with van der Waals surface area (Å²) in [5.41, 5.74) is 8.36. The van der Waals surface area contributed by atoms with E-state index in [1.165, 1.54) is 11.1 Å². The summed E-state index contributed by atoms with van der Waals surface area (Å²) in [6.45, 7) is 13.7. The number of nitrogens with zero attached hydrogens (tertiary/aromatic N) is 2. The number of carbonyl (C=O) groups excluding carboxylic acids is 2. The molecule has 2 aliphatic heterocycles. The van der Waals surface area contributed by atoms with Gasteiger partial charge in [-0.1, -0.05) is 37.0 Å². The molecule has 39 heavy (non-hydrogen) atoms. The highest BCUT2D eigenvalue weighted by Crippen LogP contribution is 2.34. The lowest BCUT2D eigenvalue weighted by Gasteiger charge is -2.12. The summed E-state index contributed by atoms with van der Waals surface area (Å²) in [6, 6.07) is 7.96. The van der Waals surface area contributed by atoms with Crippen molar-refractivity contribution in [3.05, 3.63) is 68.0 Å². The average molecular weight is 568 g/mol. The van der Waals surface area contributed by atoms with Gasteiger partial charge in [-0.3, -0.25) is 9.59 Å². The Kier molecular flexibility index (Phi) is 7.71. The maximum absolute atomic E-state index is 12.3. The number of benzene rings is 2. The van der Waals surface area contributed by atoms with Crippen LogP contribution in [0.4, 0.5) is 0 Å². The average Bonchev–Trinajstić information content (AvgIpc) is 3.09. The van der Waals surface area contributed by atoms with Gasteiger partial charge in [-0.25, -0.2) is 0 Å². The van der Waals surface area contributed by atoms with Gasteiger partial charge in [0.2, 0.25) is 0 Å². The Bertz CT molecular complexity index is 1610. The molecule has 6 nitrogen and oxygen atoms in total. The molecule has 2 aromatic heterocycles. The highest BCUT2D eigenvalue weighted by molar-refractivity contribution is 6.32. The van der Waals surface area contributed by atoms with Gasteiger partial charge in [0.25, 0.3) is 11.8 Å². The highest BCUT2D eigenvalue weighted by Gasteiger charge is 2.25. The van der Waals surface area contributed by atoms with E-state index in [1.807, 2.05) is 39.0 Å². The standard InChI is InChI=1S/C17H21ClN2O.C14H15ClN2O/c1-10(2)7-12-8-13(18)9-14-11(3)15-17(21)19-5-4-6-20(15)16(12)14;1-8-6-10(15)7-11-9(2)13-14(18)16-4-3-5-17(13)12(8)11/h8-10H,4-7H2,1-3H3,(H,19,21);6-7H,3-5H2,1-2H3,(H,16,18). The Hall–Kier alpha value is -2.96. The van der Waals surface area contributed by atoms with E-state index in [2.05, 4.69) is 39.7 Å². The van der Waals surface area contributed by atoms with Crippen LogP contribution in [-0.2, 0) is 19.5 Å². The van der Waals surface area contributed by atoms with Gasteiger partial charge in [-0.2, -0.15) is 0 Å². The second kappa shape index (κ2) is 10.9. The Morgan fingerprint density at radius 1 is 0.769 bits per heavy atom. The first-order valence-corrected chi connectivity index (χ1v) is 14.5. The summed E-state index contributed by atoms with van der Waals surface area (Å²) in [5, 5.41) is 9.61. The fourth-order valence-electron chi connectivity index (χ4n) is 6.20. The summed E-state index contributed by atoms with van der Waals surface area (Å²) in [5.74, 6) is 0.613. The molecule has 4 heterocycles. The van der Waals surface area contributed by atoms with Gasteiger partial charge in [0, 0.05) is 47.0 Å². The Labute approximate surface area is 239 Å². The van der Waals surface area contributed by atoms with E-state index in [-0.39, 0.29) is 11.8 Å². The molecule has 8 heteroatoms. The number of hydrogen-bond acceptors (Lipinski definition) is 2. The molecule has 0 atom stereocenters. The fraction of sp³-hybridized carbons (Fsp3) is 0.419. The van der Waals surface area contributed by atoms with Crippen molar-refractivity contribution in [3.8, 4) is 0 Å². The minimum Gasteiger partial charge on any atom is -0.351 e. The number of fused-ring (bicyclic) bond motifs is 6. The molecule has 2 aliphatic rings. The van der Waals surface area contributed by atoms with Crippen LogP contribution < -0.4 is 10.6 Å². The predicted molar refractivity (Wildman–Crippen MR) is 161 cm³/mol. The number of amides is 2. The van der Waals surface area contributed by atoms with Gasteiger partial charge in [-0.15, -0.1) is 0 Å². The molecular weight excluding hydrogens is 531 g/mol. The van der Waals surface area contributed by atoms with E-state index in [0.29, 0.717) is 5.92 Å². The number of halogens is 2. The van der Waals surface area contributed by atoms with Crippen LogP contribution in [-0.4, -0.2) is 34.0 Å². The van der Waals surface area contributed by atoms with E-state index in [1.54, 1.807) is 0 Å². The largest absolute Gasteiger partial charge is 0.351 e. The third-order valence-electron chi connectivity index (χ3n) is 7.76. The summed E-state index contributed by atoms with van der Waals surface area (Å²) in [7, 11) is 0. The molecule has 4 aromatic rings. The first-order chi connectivity index (χ1) is 18.6. The van der Waals surface area contributed by atoms with Crippen LogP contribution in [0.5, 0.6) is 0 Å². The molecule has 0 saturated carbocycles. The zero-order valence-electron chi connectivity index (χ0n) is 23.3. The van der Waals surface area contributed by atoms with Gasteiger partial charge in [0.05, 0.1) is 11.0 Å². The second-order valence-electron chi connectivity index (χ2n) is 11.1. The summed E-state index contributed by atoms with van der Waals surface area (Å²) in [6.07, 6.45) is 2.90. The maximum atomic E-state index is 12.3. The minimum atomic E-state index is 0.0247. The minimum absolute atomic E-state index is 0.0247. The summed E-state index contributed by atoms with van der Waals surface area (Å²) in [4.78, 5) is 24.5. The number of aromatic nitrogens is 2. The van der Waals surface area contributed by atoms with Crippen molar-refractivity contribution in [2.75, 3.05) is 13.1 Å². The van der Waals surface area contributed by atoms with Crippen molar-refractivity contribution < 1.29 is 9.59 Å². The Morgan fingerprint density at radius 3 is 1.79 bits per heavy atom. The molecule has 0 fully saturated rings. The normalized spacial score (nSPS) is 15.3. The maximum Gasteiger partial charge on any atom is 0.268 e. The van der Waals surface area contributed by atoms with Crippen LogP contribution in [0.15, 0.2) is 24.3 Å². The van der Waals surface area contributed by atoms with Crippen molar-refractivity contribution >= 4 is 56.8 Å². The van der Waals surface area contributed by atoms with Gasteiger partial charge in [0.15, 0.2) is 0 Å². The van der Waals surface area contributed by atoms with Crippen molar-refractivity contribution in [2.24, 2.45) is 5.92 Å². The SMILES string of the molecule is Cc1c2n(c3c(C)cc(Cl)cc13)CCCNC2=O.Cc1c2n(c3c(CC(C)C)cc(Cl)cc13)CCCNC2=O. The molecule has 0 spiro atoms. The van der Waals surface area contributed by atoms with Crippen molar-refractivity contribution in [1.29, 1.82) is 0 Å². The number of carbonyl (C=O) groups is 2. The first-order valence-electron chi connectivity index (χ1n) is 13.7. The predicted octanol–water partition coefficient (Wildman–Crippen LogP) is 6.98. The summed E-state index contributed by atoms with van der Waals surface area (Å²) >= 11 is 12.4. The Balaban J connectivity index is 0.000000160. The molecule has 0 radical (unpaired) electrons. The van der Waals surface area contributed by atoms with Gasteiger partial charge < -0.3 is 19.8 Å². The van der Waals surface area contributed by atoms with Crippen LogP contribution in [0.2, 0.25) is 10.0 Å². The van der Waals surface area contributed by atoms with Crippen LogP contribution in [0.1, 0.15) is 69.9 Å². The highest BCUT2D eigenvalue weighted by atomic mass is 35.5. The quantitative estimate of drug-likeness (QED) is 0.275. The van der Waals surface area contributed by atoms with Crippen molar-refractivity contribution in [2.45, 2.75) is 67.0 Å². The number of aryl methyl sites for hydroxylation is 5. The van der Waals surface area contributed by atoms with Gasteiger partial charge >= 0.3 is 0 Å². The smallest absolute Gasteiger partial charge is 0.268 e. The second-order valence-corrected chi connectivity index (χ2v) is 12.0. The van der Waals surface area contributed by atoms with Gasteiger partial charge in [0.1, 0.15) is 11.4 Å². The van der Waals surface area contributed by atoms with E-state index >= 15 is 0 Å². The molecule has 2 aromatic carbocycles. The zero-order valence-corrected chi connectivity index (χ0v) is 24.8. The van der Waals surface area contributed by atoms with E-state index in [9.17, 15) is 9.59 Å². The monoisotopic (exact) mass is 566 g/mol. The van der Waals surface area contributed by atoms with Crippen LogP contribution in [0.3, 0.4) is 0 Å². The fourth-order valence-corrected chi connectivity index (χ4v) is 6.71. The third-order valence-corrected chi connectivity index (χ3v) is 8.20. The number of nitrogens with one attached hydrogen (secondary N) is 2. The van der Waals surface area contributed by atoms with Crippen LogP contribution in [0.25, 0.3) is 21.8 Å². The third kappa shape index (κ3) is 5.05. The molecular formula is C31H36Cl2N4O2. The molecule has 206 valence electrons. The number of rotatable bonds is 2. The molecule has 0 aliphatic carbocycles. The lowest BCUT2D eigenvalue weighted by atomic mass is 10.00. The molecule has 2 N–H and O–H groups in total. The summed E-state index contributed by atoms with van der Waals surface area (Å²) < 4.78 is 4.33. The van der Waals surface area contributed by atoms with Gasteiger partial charge in [-0.05, 0) is 92.5 Å². The number of hydrogen-bond donors (Lipinski definition) is 2. The topological polar surface area (TPSA) is 68.1 Å². The lowest BCUT2D eigenvalue weighted by molar-refractivity contribution is 0.0942. The van der Waals surface area contributed by atoms with Crippen molar-refractivity contribution in [3.63, 3.8) is 0 Å². The molecule has 0 saturated heterocycles. The molecule has 6 rings (SSSR count). The van der Waals surface area contributed by atoms with Crippen LogP contribution >= 0.6 is 23.2 Å². The molecule has 0 unspecified atom stereocenters. The van der Waals surface area contributed by atoms with Crippen molar-refractivity contribution in [1.82, 2.24) is 19.8 Å². The lowest BCUT2D eigenvalue weighted by Crippen LogP contribution is -2.23. The molecule has 0 bridgehead atoms. The van der Waals surface area contributed by atoms with Crippen LogP contribution in [0, 0.1) is 26.7 Å². The first kappa shape index (κ1) is 27.6. The Morgan fingerprint density at radius 2 is 1.26 bits per heavy atom. The molecule has 2 amide bonds.